The predicted octanol–water partition coefficient (Wildman–Crippen LogP) is 4.58. The van der Waals surface area contributed by atoms with Crippen LogP contribution >= 0.6 is 27.5 Å². The van der Waals surface area contributed by atoms with Gasteiger partial charge in [0.05, 0.1) is 18.1 Å². The number of rotatable bonds is 5. The molecule has 0 saturated carbocycles. The molecule has 2 rings (SSSR count). The molecule has 1 aromatic carbocycles. The fourth-order valence-corrected chi connectivity index (χ4v) is 3.30. The molecule has 1 saturated heterocycles. The van der Waals surface area contributed by atoms with Gasteiger partial charge >= 0.3 is 5.97 Å². The number of hydrogen-bond acceptors (Lipinski definition) is 3. The van der Waals surface area contributed by atoms with Crippen molar-refractivity contribution in [3.05, 3.63) is 33.3 Å². The number of likely N-dealkylation sites (tertiary alicyclic amines) is 1. The van der Waals surface area contributed by atoms with Crippen molar-refractivity contribution in [2.24, 2.45) is 0 Å². The first-order valence-electron chi connectivity index (χ1n) is 7.46. The van der Waals surface area contributed by atoms with Crippen molar-refractivity contribution in [1.82, 2.24) is 4.90 Å². The van der Waals surface area contributed by atoms with Gasteiger partial charge in [0, 0.05) is 10.5 Å². The molecule has 0 spiro atoms. The molecule has 0 N–H and O–H groups in total. The third-order valence-electron chi connectivity index (χ3n) is 3.83. The van der Waals surface area contributed by atoms with Crippen molar-refractivity contribution in [2.45, 2.75) is 38.6 Å². The molecule has 0 bridgehead atoms. The quantitative estimate of drug-likeness (QED) is 0.706. The fourth-order valence-electron chi connectivity index (χ4n) is 2.79. The molecule has 1 unspecified atom stereocenters. The lowest BCUT2D eigenvalue weighted by Gasteiger charge is -2.34. The zero-order valence-electron chi connectivity index (χ0n) is 12.3. The zero-order valence-corrected chi connectivity index (χ0v) is 14.6. The van der Waals surface area contributed by atoms with Crippen LogP contribution in [-0.2, 0) is 9.53 Å². The number of halogens is 2. The van der Waals surface area contributed by atoms with Gasteiger partial charge in [0.15, 0.2) is 0 Å². The Bertz CT molecular complexity index is 489. The molecule has 1 aromatic rings. The molecule has 0 amide bonds. The number of hydrogen-bond donors (Lipinski definition) is 0. The molecule has 0 aromatic heterocycles. The van der Waals surface area contributed by atoms with Gasteiger partial charge in [0.2, 0.25) is 0 Å². The van der Waals surface area contributed by atoms with Crippen molar-refractivity contribution in [2.75, 3.05) is 19.7 Å². The van der Waals surface area contributed by atoms with Crippen LogP contribution in [0.1, 0.15) is 44.2 Å². The number of carbonyl (C=O) groups excluding carboxylic acids is 1. The number of esters is 1. The van der Waals surface area contributed by atoms with Crippen molar-refractivity contribution in [1.29, 1.82) is 0 Å². The van der Waals surface area contributed by atoms with Crippen LogP contribution in [0.2, 0.25) is 5.02 Å². The van der Waals surface area contributed by atoms with Gasteiger partial charge < -0.3 is 4.74 Å². The normalized spacial score (nSPS) is 17.5. The molecular weight excluding hydrogens is 354 g/mol. The second-order valence-corrected chi connectivity index (χ2v) is 6.56. The summed E-state index contributed by atoms with van der Waals surface area (Å²) in [6.45, 7) is 4.33. The van der Waals surface area contributed by atoms with E-state index in [4.69, 9.17) is 16.3 Å². The molecule has 116 valence electrons. The summed E-state index contributed by atoms with van der Waals surface area (Å²) in [5.41, 5.74) is 1.11. The average molecular weight is 375 g/mol. The summed E-state index contributed by atoms with van der Waals surface area (Å²) in [4.78, 5) is 14.3. The molecule has 21 heavy (non-hydrogen) atoms. The molecular formula is C16H21BrClNO2. The van der Waals surface area contributed by atoms with Gasteiger partial charge in [0.1, 0.15) is 0 Å². The lowest BCUT2D eigenvalue weighted by molar-refractivity contribution is -0.144. The Balaban J connectivity index is 2.20. The van der Waals surface area contributed by atoms with Gasteiger partial charge in [0.25, 0.3) is 0 Å². The first kappa shape index (κ1) is 16.8. The maximum absolute atomic E-state index is 11.9. The molecule has 1 aliphatic heterocycles. The number of piperidine rings is 1. The van der Waals surface area contributed by atoms with Crippen LogP contribution < -0.4 is 0 Å². The SMILES string of the molecule is CCOC(=O)CC(c1ccc(Cl)c(Br)c1)N1CCCCC1. The van der Waals surface area contributed by atoms with Crippen LogP contribution in [0.15, 0.2) is 22.7 Å². The van der Waals surface area contributed by atoms with Crippen LogP contribution in [0.5, 0.6) is 0 Å². The molecule has 0 radical (unpaired) electrons. The van der Waals surface area contributed by atoms with E-state index in [9.17, 15) is 4.79 Å². The van der Waals surface area contributed by atoms with E-state index in [1.807, 2.05) is 25.1 Å². The zero-order chi connectivity index (χ0) is 15.2. The third-order valence-corrected chi connectivity index (χ3v) is 5.04. The van der Waals surface area contributed by atoms with E-state index in [-0.39, 0.29) is 12.0 Å². The highest BCUT2D eigenvalue weighted by atomic mass is 79.9. The van der Waals surface area contributed by atoms with E-state index in [0.717, 1.165) is 23.1 Å². The van der Waals surface area contributed by atoms with Crippen LogP contribution in [-0.4, -0.2) is 30.6 Å². The van der Waals surface area contributed by atoms with Gasteiger partial charge in [-0.3, -0.25) is 9.69 Å². The average Bonchev–Trinajstić information content (AvgIpc) is 2.49. The molecule has 0 aliphatic carbocycles. The maximum Gasteiger partial charge on any atom is 0.307 e. The number of ether oxygens (including phenoxy) is 1. The number of benzene rings is 1. The Morgan fingerprint density at radius 3 is 2.71 bits per heavy atom. The summed E-state index contributed by atoms with van der Waals surface area (Å²) in [5.74, 6) is -0.140. The summed E-state index contributed by atoms with van der Waals surface area (Å²) in [6.07, 6.45) is 4.04. The largest absolute Gasteiger partial charge is 0.466 e. The standard InChI is InChI=1S/C16H21BrClNO2/c1-2-21-16(20)11-15(19-8-4-3-5-9-19)12-6-7-14(18)13(17)10-12/h6-7,10,15H,2-5,8-9,11H2,1H3. The van der Waals surface area contributed by atoms with Gasteiger partial charge in [-0.05, 0) is 66.5 Å². The minimum absolute atomic E-state index is 0.0675. The summed E-state index contributed by atoms with van der Waals surface area (Å²) in [5, 5.41) is 0.687. The molecule has 5 heteroatoms. The van der Waals surface area contributed by atoms with Crippen LogP contribution in [0, 0.1) is 0 Å². The van der Waals surface area contributed by atoms with Crippen molar-refractivity contribution in [3.63, 3.8) is 0 Å². The van der Waals surface area contributed by atoms with Crippen LogP contribution in [0.4, 0.5) is 0 Å². The van der Waals surface area contributed by atoms with Crippen LogP contribution in [0.3, 0.4) is 0 Å². The van der Waals surface area contributed by atoms with Crippen molar-refractivity contribution >= 4 is 33.5 Å². The highest BCUT2D eigenvalue weighted by Crippen LogP contribution is 2.32. The van der Waals surface area contributed by atoms with Gasteiger partial charge in [-0.2, -0.15) is 0 Å². The maximum atomic E-state index is 11.9. The van der Waals surface area contributed by atoms with E-state index in [1.165, 1.54) is 19.3 Å². The van der Waals surface area contributed by atoms with E-state index >= 15 is 0 Å². The summed E-state index contributed by atoms with van der Waals surface area (Å²) in [7, 11) is 0. The number of nitrogens with zero attached hydrogens (tertiary/aromatic N) is 1. The lowest BCUT2D eigenvalue weighted by atomic mass is 9.99. The Labute approximate surface area is 139 Å². The molecule has 1 atom stereocenters. The molecule has 1 aliphatic rings. The first-order valence-corrected chi connectivity index (χ1v) is 8.63. The Kier molecular flexibility index (Phi) is 6.52. The Hall–Kier alpha value is -0.580. The topological polar surface area (TPSA) is 29.5 Å². The minimum atomic E-state index is -0.140. The van der Waals surface area contributed by atoms with E-state index in [2.05, 4.69) is 20.8 Å². The first-order chi connectivity index (χ1) is 10.1. The second-order valence-electron chi connectivity index (χ2n) is 5.30. The third kappa shape index (κ3) is 4.70. The molecule has 1 heterocycles. The highest BCUT2D eigenvalue weighted by Gasteiger charge is 2.25. The smallest absolute Gasteiger partial charge is 0.307 e. The van der Waals surface area contributed by atoms with Gasteiger partial charge in [-0.15, -0.1) is 0 Å². The lowest BCUT2D eigenvalue weighted by Crippen LogP contribution is -2.35. The van der Waals surface area contributed by atoms with Gasteiger partial charge in [-0.25, -0.2) is 0 Å². The van der Waals surface area contributed by atoms with Crippen molar-refractivity contribution < 1.29 is 9.53 Å². The summed E-state index contributed by atoms with van der Waals surface area (Å²) >= 11 is 9.54. The molecule has 1 fully saturated rings. The predicted molar refractivity (Wildman–Crippen MR) is 88.6 cm³/mol. The minimum Gasteiger partial charge on any atom is -0.466 e. The van der Waals surface area contributed by atoms with Crippen molar-refractivity contribution in [3.8, 4) is 0 Å². The van der Waals surface area contributed by atoms with E-state index in [0.29, 0.717) is 18.1 Å². The van der Waals surface area contributed by atoms with E-state index < -0.39 is 0 Å². The summed E-state index contributed by atoms with van der Waals surface area (Å²) in [6, 6.07) is 5.97. The fraction of sp³-hybridized carbons (Fsp3) is 0.562. The Morgan fingerprint density at radius 1 is 1.38 bits per heavy atom. The molecule has 3 nitrogen and oxygen atoms in total. The van der Waals surface area contributed by atoms with Gasteiger partial charge in [-0.1, -0.05) is 24.1 Å². The van der Waals surface area contributed by atoms with Crippen LogP contribution in [0.25, 0.3) is 0 Å². The summed E-state index contributed by atoms with van der Waals surface area (Å²) < 4.78 is 6.00. The Morgan fingerprint density at radius 2 is 2.10 bits per heavy atom. The monoisotopic (exact) mass is 373 g/mol. The number of carbonyl (C=O) groups is 1. The highest BCUT2D eigenvalue weighted by molar-refractivity contribution is 9.10. The van der Waals surface area contributed by atoms with E-state index in [1.54, 1.807) is 0 Å². The second kappa shape index (κ2) is 8.16.